The van der Waals surface area contributed by atoms with Gasteiger partial charge in [-0.25, -0.2) is 8.42 Å². The molecule has 3 aromatic rings. The summed E-state index contributed by atoms with van der Waals surface area (Å²) in [4.78, 5) is 29.3. The van der Waals surface area contributed by atoms with Crippen LogP contribution >= 0.6 is 23.2 Å². The first-order valence-electron chi connectivity index (χ1n) is 14.3. The van der Waals surface area contributed by atoms with Gasteiger partial charge in [-0.3, -0.25) is 13.9 Å². The quantitative estimate of drug-likeness (QED) is 0.254. The molecule has 224 valence electrons. The van der Waals surface area contributed by atoms with Gasteiger partial charge in [0.25, 0.3) is 10.0 Å². The third-order valence-electron chi connectivity index (χ3n) is 7.57. The predicted octanol–water partition coefficient (Wildman–Crippen LogP) is 6.75. The summed E-state index contributed by atoms with van der Waals surface area (Å²) < 4.78 is 29.0. The van der Waals surface area contributed by atoms with E-state index >= 15 is 0 Å². The summed E-state index contributed by atoms with van der Waals surface area (Å²) >= 11 is 12.1. The molecule has 2 amide bonds. The molecule has 4 rings (SSSR count). The Hall–Kier alpha value is -3.07. The Bertz CT molecular complexity index is 1470. The van der Waals surface area contributed by atoms with Gasteiger partial charge in [0.05, 0.1) is 10.6 Å². The van der Waals surface area contributed by atoms with Crippen LogP contribution in [0, 0.1) is 6.92 Å². The maximum Gasteiger partial charge on any atom is 0.264 e. The van der Waals surface area contributed by atoms with Crippen LogP contribution in [0.25, 0.3) is 0 Å². The molecule has 0 radical (unpaired) electrons. The number of nitrogens with zero attached hydrogens (tertiary/aromatic N) is 2. The van der Waals surface area contributed by atoms with Gasteiger partial charge in [-0.15, -0.1) is 0 Å². The fourth-order valence-corrected chi connectivity index (χ4v) is 6.95. The summed E-state index contributed by atoms with van der Waals surface area (Å²) in [5, 5.41) is 4.11. The molecule has 1 aliphatic rings. The number of carbonyl (C=O) groups excluding carboxylic acids is 2. The molecule has 3 aromatic carbocycles. The molecule has 1 saturated carbocycles. The van der Waals surface area contributed by atoms with Crippen molar-refractivity contribution in [1.82, 2.24) is 10.2 Å². The first-order valence-corrected chi connectivity index (χ1v) is 16.5. The number of anilines is 1. The Morgan fingerprint density at radius 3 is 2.14 bits per heavy atom. The zero-order chi connectivity index (χ0) is 30.3. The monoisotopic (exact) mass is 629 g/mol. The molecule has 10 heteroatoms. The molecule has 0 saturated heterocycles. The highest BCUT2D eigenvalue weighted by Gasteiger charge is 2.34. The van der Waals surface area contributed by atoms with Crippen molar-refractivity contribution < 1.29 is 18.0 Å². The topological polar surface area (TPSA) is 86.8 Å². The van der Waals surface area contributed by atoms with Gasteiger partial charge >= 0.3 is 0 Å². The van der Waals surface area contributed by atoms with Crippen LogP contribution in [-0.4, -0.2) is 43.8 Å². The Labute approximate surface area is 258 Å². The zero-order valence-corrected chi connectivity index (χ0v) is 26.3. The van der Waals surface area contributed by atoms with E-state index in [-0.39, 0.29) is 23.4 Å². The maximum absolute atomic E-state index is 14.2. The van der Waals surface area contributed by atoms with E-state index in [9.17, 15) is 18.0 Å². The van der Waals surface area contributed by atoms with Gasteiger partial charge < -0.3 is 10.2 Å². The van der Waals surface area contributed by atoms with Crippen molar-refractivity contribution in [2.45, 2.75) is 75.9 Å². The van der Waals surface area contributed by atoms with Gasteiger partial charge in [-0.2, -0.15) is 0 Å². The third-order valence-corrected chi connectivity index (χ3v) is 9.87. The predicted molar refractivity (Wildman–Crippen MR) is 168 cm³/mol. The van der Waals surface area contributed by atoms with Gasteiger partial charge in [-0.05, 0) is 85.8 Å². The average Bonchev–Trinajstić information content (AvgIpc) is 2.97. The maximum atomic E-state index is 14.2. The van der Waals surface area contributed by atoms with E-state index in [2.05, 4.69) is 5.32 Å². The molecule has 1 fully saturated rings. The third kappa shape index (κ3) is 8.06. The first-order chi connectivity index (χ1) is 20.1. The summed E-state index contributed by atoms with van der Waals surface area (Å²) in [5.41, 5.74) is 1.97. The van der Waals surface area contributed by atoms with E-state index in [1.807, 2.05) is 19.9 Å². The molecule has 0 bridgehead atoms. The van der Waals surface area contributed by atoms with E-state index in [1.54, 1.807) is 42.5 Å². The SMILES string of the molecule is CC[C@H](C(=O)NC1CCCCC1)N(Cc1ccc(Cl)cc1)C(=O)CN(c1cccc(C)c1)S(=O)(=O)c1ccc(Cl)cc1. The summed E-state index contributed by atoms with van der Waals surface area (Å²) in [6.07, 6.45) is 5.46. The van der Waals surface area contributed by atoms with Gasteiger partial charge in [0, 0.05) is 22.6 Å². The van der Waals surface area contributed by atoms with Crippen LogP contribution in [0.4, 0.5) is 5.69 Å². The van der Waals surface area contributed by atoms with Gasteiger partial charge in [0.15, 0.2) is 0 Å². The molecule has 7 nitrogen and oxygen atoms in total. The van der Waals surface area contributed by atoms with Crippen molar-refractivity contribution in [2.24, 2.45) is 0 Å². The summed E-state index contributed by atoms with van der Waals surface area (Å²) in [6, 6.07) is 19.2. The molecular formula is C32H37Cl2N3O4S. The Morgan fingerprint density at radius 1 is 0.929 bits per heavy atom. The zero-order valence-electron chi connectivity index (χ0n) is 23.9. The number of nitrogens with one attached hydrogen (secondary N) is 1. The van der Waals surface area contributed by atoms with Gasteiger partial charge in [0.1, 0.15) is 12.6 Å². The number of hydrogen-bond donors (Lipinski definition) is 1. The van der Waals surface area contributed by atoms with Crippen LogP contribution < -0.4 is 9.62 Å². The number of sulfonamides is 1. The molecule has 0 unspecified atom stereocenters. The number of rotatable bonds is 11. The molecule has 1 aliphatic carbocycles. The van der Waals surface area contributed by atoms with Gasteiger partial charge in [-0.1, -0.05) is 73.7 Å². The molecule has 0 aliphatic heterocycles. The number of amides is 2. The minimum Gasteiger partial charge on any atom is -0.352 e. The van der Waals surface area contributed by atoms with Crippen molar-refractivity contribution in [3.8, 4) is 0 Å². The number of hydrogen-bond acceptors (Lipinski definition) is 4. The second kappa shape index (κ2) is 14.4. The second-order valence-electron chi connectivity index (χ2n) is 10.7. The molecule has 1 N–H and O–H groups in total. The lowest BCUT2D eigenvalue weighted by Gasteiger charge is -2.34. The standard InChI is InChI=1S/C32H37Cl2N3O4S/c1-3-30(32(39)35-27-9-5-4-6-10-27)36(21-24-12-14-25(33)15-13-24)31(38)22-37(28-11-7-8-23(2)20-28)42(40,41)29-18-16-26(34)17-19-29/h7-8,11-20,27,30H,3-6,9-10,21-22H2,1-2H3,(H,35,39)/t30-/m1/s1. The van der Waals surface area contributed by atoms with Crippen LogP contribution in [-0.2, 0) is 26.2 Å². The lowest BCUT2D eigenvalue weighted by molar-refractivity contribution is -0.140. The van der Waals surface area contributed by atoms with E-state index < -0.39 is 28.5 Å². The second-order valence-corrected chi connectivity index (χ2v) is 13.5. The smallest absolute Gasteiger partial charge is 0.264 e. The minimum absolute atomic E-state index is 0.00698. The molecular weight excluding hydrogens is 593 g/mol. The van der Waals surface area contributed by atoms with E-state index in [4.69, 9.17) is 23.2 Å². The Morgan fingerprint density at radius 2 is 1.55 bits per heavy atom. The molecule has 0 spiro atoms. The van der Waals surface area contributed by atoms with E-state index in [0.29, 0.717) is 22.2 Å². The van der Waals surface area contributed by atoms with E-state index in [0.717, 1.165) is 47.5 Å². The number of carbonyl (C=O) groups is 2. The normalized spacial score (nSPS) is 14.7. The lowest BCUT2D eigenvalue weighted by Crippen LogP contribution is -2.54. The van der Waals surface area contributed by atoms with Crippen molar-refractivity contribution in [3.63, 3.8) is 0 Å². The summed E-state index contributed by atoms with van der Waals surface area (Å²) in [7, 11) is -4.16. The highest BCUT2D eigenvalue weighted by Crippen LogP contribution is 2.27. The largest absolute Gasteiger partial charge is 0.352 e. The van der Waals surface area contributed by atoms with Crippen LogP contribution in [0.1, 0.15) is 56.6 Å². The van der Waals surface area contributed by atoms with Crippen molar-refractivity contribution in [3.05, 3.63) is 94.0 Å². The summed E-state index contributed by atoms with van der Waals surface area (Å²) in [6.45, 7) is 3.34. The highest BCUT2D eigenvalue weighted by atomic mass is 35.5. The van der Waals surface area contributed by atoms with Crippen molar-refractivity contribution in [2.75, 3.05) is 10.8 Å². The van der Waals surface area contributed by atoms with E-state index in [1.165, 1.54) is 29.2 Å². The number of benzene rings is 3. The minimum atomic E-state index is -4.16. The van der Waals surface area contributed by atoms with Crippen LogP contribution in [0.5, 0.6) is 0 Å². The fourth-order valence-electron chi connectivity index (χ4n) is 5.30. The average molecular weight is 631 g/mol. The molecule has 42 heavy (non-hydrogen) atoms. The highest BCUT2D eigenvalue weighted by molar-refractivity contribution is 7.92. The van der Waals surface area contributed by atoms with Crippen molar-refractivity contribution >= 4 is 50.7 Å². The Kier molecular flexibility index (Phi) is 10.9. The fraction of sp³-hybridized carbons (Fsp3) is 0.375. The van der Waals surface area contributed by atoms with Crippen LogP contribution in [0.15, 0.2) is 77.7 Å². The molecule has 0 aromatic heterocycles. The number of aryl methyl sites for hydroxylation is 1. The number of halogens is 2. The lowest BCUT2D eigenvalue weighted by atomic mass is 9.95. The molecule has 1 atom stereocenters. The van der Waals surface area contributed by atoms with Crippen molar-refractivity contribution in [1.29, 1.82) is 0 Å². The Balaban J connectivity index is 1.70. The first kappa shape index (κ1) is 31.9. The van der Waals surface area contributed by atoms with Crippen LogP contribution in [0.2, 0.25) is 10.0 Å². The molecule has 0 heterocycles. The summed E-state index contributed by atoms with van der Waals surface area (Å²) in [5.74, 6) is -0.719. The van der Waals surface area contributed by atoms with Crippen LogP contribution in [0.3, 0.4) is 0 Å². The van der Waals surface area contributed by atoms with Gasteiger partial charge in [0.2, 0.25) is 11.8 Å².